The Balaban J connectivity index is 3.28. The molecule has 0 aromatic carbocycles. The molecule has 0 bridgehead atoms. The third kappa shape index (κ3) is 12.2. The van der Waals surface area contributed by atoms with Crippen molar-refractivity contribution in [3.8, 4) is 0 Å². The summed E-state index contributed by atoms with van der Waals surface area (Å²) < 4.78 is 0. The molecule has 0 aromatic heterocycles. The SMILES string of the molecule is CCCN(CC)CCCCCCNC(C)(C)C. The topological polar surface area (TPSA) is 15.3 Å². The molecule has 1 N–H and O–H groups in total. The van der Waals surface area contributed by atoms with Crippen LogP contribution in [0.3, 0.4) is 0 Å². The van der Waals surface area contributed by atoms with E-state index in [4.69, 9.17) is 0 Å². The molecule has 0 heterocycles. The van der Waals surface area contributed by atoms with E-state index in [0.29, 0.717) is 0 Å². The van der Waals surface area contributed by atoms with Crippen LogP contribution >= 0.6 is 0 Å². The van der Waals surface area contributed by atoms with Gasteiger partial charge in [0.2, 0.25) is 0 Å². The van der Waals surface area contributed by atoms with Gasteiger partial charge in [0.05, 0.1) is 0 Å². The van der Waals surface area contributed by atoms with Crippen molar-refractivity contribution in [2.24, 2.45) is 0 Å². The highest BCUT2D eigenvalue weighted by molar-refractivity contribution is 4.69. The van der Waals surface area contributed by atoms with E-state index in [1.54, 1.807) is 0 Å². The molecule has 0 saturated carbocycles. The molecule has 0 aromatic rings. The minimum absolute atomic E-state index is 0.278. The Morgan fingerprint density at radius 3 is 2.06 bits per heavy atom. The summed E-state index contributed by atoms with van der Waals surface area (Å²) in [4.78, 5) is 2.56. The Labute approximate surface area is 109 Å². The second-order valence-corrected chi connectivity index (χ2v) is 6.03. The molecule has 17 heavy (non-hydrogen) atoms. The molecule has 0 unspecified atom stereocenters. The molecule has 0 rings (SSSR count). The molecule has 0 amide bonds. The van der Waals surface area contributed by atoms with Crippen LogP contribution in [0.1, 0.15) is 66.7 Å². The van der Waals surface area contributed by atoms with Crippen molar-refractivity contribution >= 4 is 0 Å². The predicted octanol–water partition coefficient (Wildman–Crippen LogP) is 3.67. The third-order valence-electron chi connectivity index (χ3n) is 3.04. The molecular weight excluding hydrogens is 208 g/mol. The second-order valence-electron chi connectivity index (χ2n) is 6.03. The lowest BCUT2D eigenvalue weighted by molar-refractivity contribution is 0.281. The number of nitrogens with zero attached hydrogens (tertiary/aromatic N) is 1. The van der Waals surface area contributed by atoms with Crippen LogP contribution in [0.2, 0.25) is 0 Å². The van der Waals surface area contributed by atoms with Crippen LogP contribution in [0.4, 0.5) is 0 Å². The van der Waals surface area contributed by atoms with Gasteiger partial charge in [-0.2, -0.15) is 0 Å². The fourth-order valence-corrected chi connectivity index (χ4v) is 2.02. The fraction of sp³-hybridized carbons (Fsp3) is 1.00. The summed E-state index contributed by atoms with van der Waals surface area (Å²) >= 11 is 0. The first-order valence-electron chi connectivity index (χ1n) is 7.47. The highest BCUT2D eigenvalue weighted by Crippen LogP contribution is 2.04. The molecule has 0 aliphatic heterocycles. The van der Waals surface area contributed by atoms with Crippen molar-refractivity contribution in [1.29, 1.82) is 0 Å². The van der Waals surface area contributed by atoms with Gasteiger partial charge >= 0.3 is 0 Å². The van der Waals surface area contributed by atoms with Crippen molar-refractivity contribution in [2.75, 3.05) is 26.2 Å². The number of nitrogens with one attached hydrogen (secondary N) is 1. The van der Waals surface area contributed by atoms with Gasteiger partial charge in [-0.3, -0.25) is 0 Å². The molecule has 104 valence electrons. The Kier molecular flexibility index (Phi) is 9.85. The molecule has 0 radical (unpaired) electrons. The van der Waals surface area contributed by atoms with E-state index in [2.05, 4.69) is 44.8 Å². The molecule has 2 nitrogen and oxygen atoms in total. The molecule has 0 saturated heterocycles. The molecule has 0 aliphatic rings. The molecule has 0 spiro atoms. The summed E-state index contributed by atoms with van der Waals surface area (Å²) in [7, 11) is 0. The average Bonchev–Trinajstić information content (AvgIpc) is 2.24. The number of hydrogen-bond acceptors (Lipinski definition) is 2. The maximum absolute atomic E-state index is 3.54. The van der Waals surface area contributed by atoms with Crippen molar-refractivity contribution < 1.29 is 0 Å². The lowest BCUT2D eigenvalue weighted by atomic mass is 10.1. The summed E-state index contributed by atoms with van der Waals surface area (Å²) in [6.45, 7) is 16.2. The van der Waals surface area contributed by atoms with Gasteiger partial charge < -0.3 is 10.2 Å². The zero-order valence-corrected chi connectivity index (χ0v) is 12.8. The Hall–Kier alpha value is -0.0800. The number of unbranched alkanes of at least 4 members (excludes halogenated alkanes) is 3. The zero-order valence-electron chi connectivity index (χ0n) is 12.8. The van der Waals surface area contributed by atoms with Gasteiger partial charge in [-0.15, -0.1) is 0 Å². The molecule has 0 atom stereocenters. The first kappa shape index (κ1) is 16.9. The average molecular weight is 242 g/mol. The predicted molar refractivity (Wildman–Crippen MR) is 78.6 cm³/mol. The van der Waals surface area contributed by atoms with Crippen LogP contribution in [0.5, 0.6) is 0 Å². The van der Waals surface area contributed by atoms with Crippen molar-refractivity contribution in [2.45, 2.75) is 72.3 Å². The Morgan fingerprint density at radius 2 is 1.53 bits per heavy atom. The van der Waals surface area contributed by atoms with E-state index in [9.17, 15) is 0 Å². The van der Waals surface area contributed by atoms with Gasteiger partial charge in [0.1, 0.15) is 0 Å². The first-order valence-corrected chi connectivity index (χ1v) is 7.47. The van der Waals surface area contributed by atoms with E-state index in [-0.39, 0.29) is 5.54 Å². The monoisotopic (exact) mass is 242 g/mol. The van der Waals surface area contributed by atoms with E-state index in [0.717, 1.165) is 6.54 Å². The van der Waals surface area contributed by atoms with Crippen molar-refractivity contribution in [1.82, 2.24) is 10.2 Å². The minimum atomic E-state index is 0.278. The molecule has 0 aliphatic carbocycles. The largest absolute Gasteiger partial charge is 0.312 e. The van der Waals surface area contributed by atoms with Crippen LogP contribution in [-0.4, -0.2) is 36.6 Å². The maximum atomic E-state index is 3.54. The van der Waals surface area contributed by atoms with E-state index in [1.165, 1.54) is 51.7 Å². The normalized spacial score (nSPS) is 12.4. The van der Waals surface area contributed by atoms with E-state index >= 15 is 0 Å². The van der Waals surface area contributed by atoms with E-state index < -0.39 is 0 Å². The zero-order chi connectivity index (χ0) is 13.1. The summed E-state index contributed by atoms with van der Waals surface area (Å²) in [6.07, 6.45) is 6.71. The van der Waals surface area contributed by atoms with Crippen LogP contribution < -0.4 is 5.32 Å². The van der Waals surface area contributed by atoms with Gasteiger partial charge in [-0.05, 0) is 66.2 Å². The third-order valence-corrected chi connectivity index (χ3v) is 3.04. The number of rotatable bonds is 10. The van der Waals surface area contributed by atoms with Crippen molar-refractivity contribution in [3.63, 3.8) is 0 Å². The highest BCUT2D eigenvalue weighted by Gasteiger charge is 2.06. The minimum Gasteiger partial charge on any atom is -0.312 e. The lowest BCUT2D eigenvalue weighted by Gasteiger charge is -2.21. The maximum Gasteiger partial charge on any atom is 0.00965 e. The van der Waals surface area contributed by atoms with Gasteiger partial charge in [0.25, 0.3) is 0 Å². The fourth-order valence-electron chi connectivity index (χ4n) is 2.02. The number of hydrogen-bond donors (Lipinski definition) is 1. The Morgan fingerprint density at radius 1 is 0.882 bits per heavy atom. The van der Waals surface area contributed by atoms with Crippen LogP contribution in [-0.2, 0) is 0 Å². The quantitative estimate of drug-likeness (QED) is 0.588. The van der Waals surface area contributed by atoms with Gasteiger partial charge in [-0.25, -0.2) is 0 Å². The summed E-state index contributed by atoms with van der Waals surface area (Å²) in [5, 5.41) is 3.54. The molecular formula is C15H34N2. The second kappa shape index (κ2) is 9.90. The van der Waals surface area contributed by atoms with Gasteiger partial charge in [-0.1, -0.05) is 26.7 Å². The van der Waals surface area contributed by atoms with Crippen LogP contribution in [0.25, 0.3) is 0 Å². The standard InChI is InChI=1S/C15H34N2/c1-6-13-17(7-2)14-11-9-8-10-12-16-15(3,4)5/h16H,6-14H2,1-5H3. The first-order chi connectivity index (χ1) is 7.99. The summed E-state index contributed by atoms with van der Waals surface area (Å²) in [6, 6.07) is 0. The van der Waals surface area contributed by atoms with Gasteiger partial charge in [0, 0.05) is 5.54 Å². The highest BCUT2D eigenvalue weighted by atomic mass is 15.1. The molecule has 0 fully saturated rings. The smallest absolute Gasteiger partial charge is 0.00965 e. The van der Waals surface area contributed by atoms with Gasteiger partial charge in [0.15, 0.2) is 0 Å². The summed E-state index contributed by atoms with van der Waals surface area (Å²) in [5.41, 5.74) is 0.278. The van der Waals surface area contributed by atoms with Crippen LogP contribution in [0.15, 0.2) is 0 Å². The lowest BCUT2D eigenvalue weighted by Crippen LogP contribution is -2.36. The van der Waals surface area contributed by atoms with Crippen molar-refractivity contribution in [3.05, 3.63) is 0 Å². The summed E-state index contributed by atoms with van der Waals surface area (Å²) in [5.74, 6) is 0. The van der Waals surface area contributed by atoms with Crippen LogP contribution in [0, 0.1) is 0 Å². The van der Waals surface area contributed by atoms with E-state index in [1.807, 2.05) is 0 Å². The molecule has 2 heteroatoms. The Bertz CT molecular complexity index is 161.